The molecular formula is C49H52N6O7. The zero-order valence-electron chi connectivity index (χ0n) is 35.8. The number of aliphatic imine (C=N–C) groups is 1. The van der Waals surface area contributed by atoms with Crippen LogP contribution in [0, 0.1) is 0 Å². The number of para-hydroxylation sites is 2. The molecule has 0 saturated carbocycles. The summed E-state index contributed by atoms with van der Waals surface area (Å²) in [7, 11) is 9.17. The van der Waals surface area contributed by atoms with E-state index in [1.165, 1.54) is 11.3 Å². The Balaban J connectivity index is 1.03. The Bertz CT molecular complexity index is 2540. The lowest BCUT2D eigenvalue weighted by Crippen LogP contribution is -2.39. The third-order valence-corrected chi connectivity index (χ3v) is 12.0. The van der Waals surface area contributed by atoms with Gasteiger partial charge in [-0.25, -0.2) is 0 Å². The van der Waals surface area contributed by atoms with E-state index in [-0.39, 0.29) is 43.5 Å². The fraction of sp³-hybridized carbons (Fsp3) is 0.306. The third-order valence-electron chi connectivity index (χ3n) is 12.0. The van der Waals surface area contributed by atoms with Gasteiger partial charge >= 0.3 is 0 Å². The average molecular weight is 837 g/mol. The van der Waals surface area contributed by atoms with Crippen LogP contribution in [0.2, 0.25) is 0 Å². The summed E-state index contributed by atoms with van der Waals surface area (Å²) in [6, 6.07) is 29.5. The largest absolute Gasteiger partial charge is 0.493 e. The molecule has 8 rings (SSSR count). The van der Waals surface area contributed by atoms with Crippen molar-refractivity contribution in [3.05, 3.63) is 124 Å². The minimum absolute atomic E-state index is 0.141. The lowest BCUT2D eigenvalue weighted by molar-refractivity contribution is -0.118. The molecule has 3 aliphatic heterocycles. The van der Waals surface area contributed by atoms with Gasteiger partial charge < -0.3 is 39.4 Å². The molecule has 0 aromatic heterocycles. The predicted octanol–water partition coefficient (Wildman–Crippen LogP) is 7.16. The molecule has 0 radical (unpaired) electrons. The summed E-state index contributed by atoms with van der Waals surface area (Å²) >= 11 is 0. The first-order valence-electron chi connectivity index (χ1n) is 20.8. The predicted molar refractivity (Wildman–Crippen MR) is 243 cm³/mol. The van der Waals surface area contributed by atoms with Gasteiger partial charge in [0.1, 0.15) is 13.2 Å². The summed E-state index contributed by atoms with van der Waals surface area (Å²) in [5, 5.41) is 0. The number of carbonyl (C=O) groups is 3. The van der Waals surface area contributed by atoms with Crippen LogP contribution in [-0.4, -0.2) is 84.9 Å². The number of benzene rings is 5. The second-order valence-corrected chi connectivity index (χ2v) is 16.1. The molecule has 2 amide bonds. The van der Waals surface area contributed by atoms with Crippen LogP contribution in [0.3, 0.4) is 0 Å². The molecule has 0 aliphatic carbocycles. The average Bonchev–Trinajstić information content (AvgIpc) is 3.77. The summed E-state index contributed by atoms with van der Waals surface area (Å²) in [5.74, 6) is 1.31. The van der Waals surface area contributed by atoms with Crippen LogP contribution < -0.4 is 44.3 Å². The zero-order valence-corrected chi connectivity index (χ0v) is 35.8. The van der Waals surface area contributed by atoms with Crippen molar-refractivity contribution in [1.82, 2.24) is 0 Å². The number of nitrogens with zero attached hydrogens (tertiary/aromatic N) is 5. The highest BCUT2D eigenvalue weighted by Gasteiger charge is 2.36. The summed E-state index contributed by atoms with van der Waals surface area (Å²) in [4.78, 5) is 51.0. The van der Waals surface area contributed by atoms with E-state index in [0.717, 1.165) is 46.5 Å². The monoisotopic (exact) mass is 836 g/mol. The number of methoxy groups -OCH3 is 2. The topological polar surface area (TPSA) is 139 Å². The maximum Gasteiger partial charge on any atom is 0.261 e. The molecule has 1 unspecified atom stereocenters. The summed E-state index contributed by atoms with van der Waals surface area (Å²) < 4.78 is 24.5. The van der Waals surface area contributed by atoms with Crippen molar-refractivity contribution in [2.75, 3.05) is 68.1 Å². The number of anilines is 4. The molecule has 13 nitrogen and oxygen atoms in total. The van der Waals surface area contributed by atoms with E-state index in [0.29, 0.717) is 65.7 Å². The maximum atomic E-state index is 14.0. The van der Waals surface area contributed by atoms with E-state index in [4.69, 9.17) is 29.7 Å². The molecule has 3 aliphatic rings. The van der Waals surface area contributed by atoms with Gasteiger partial charge in [-0.3, -0.25) is 24.3 Å². The van der Waals surface area contributed by atoms with Gasteiger partial charge in [-0.05, 0) is 77.6 Å². The molecule has 0 bridgehead atoms. The van der Waals surface area contributed by atoms with Gasteiger partial charge in [-0.1, -0.05) is 36.4 Å². The first-order chi connectivity index (χ1) is 30.0. The Morgan fingerprint density at radius 2 is 1.47 bits per heavy atom. The number of likely N-dealkylation sites (N-methyl/N-ethyl adjacent to an activating group) is 2. The van der Waals surface area contributed by atoms with E-state index in [1.54, 1.807) is 37.3 Å². The summed E-state index contributed by atoms with van der Waals surface area (Å²) in [6.07, 6.45) is 5.15. The van der Waals surface area contributed by atoms with Gasteiger partial charge in [-0.2, -0.15) is 0 Å². The van der Waals surface area contributed by atoms with Crippen LogP contribution in [0.4, 0.5) is 28.4 Å². The molecule has 2 atom stereocenters. The van der Waals surface area contributed by atoms with Crippen LogP contribution in [0.15, 0.2) is 96.0 Å². The molecule has 0 spiro atoms. The van der Waals surface area contributed by atoms with E-state index in [1.807, 2.05) is 68.8 Å². The molecule has 13 heteroatoms. The highest BCUT2D eigenvalue weighted by Crippen LogP contribution is 2.42. The highest BCUT2D eigenvalue weighted by molar-refractivity contribution is 6.14. The fourth-order valence-corrected chi connectivity index (χ4v) is 8.74. The van der Waals surface area contributed by atoms with Crippen LogP contribution >= 0.6 is 0 Å². The number of fused-ring (bicyclic) bond motifs is 5. The smallest absolute Gasteiger partial charge is 0.261 e. The lowest BCUT2D eigenvalue weighted by Gasteiger charge is -2.30. The van der Waals surface area contributed by atoms with Gasteiger partial charge in [0.25, 0.3) is 5.91 Å². The van der Waals surface area contributed by atoms with Crippen molar-refractivity contribution < 1.29 is 33.3 Å². The molecule has 5 aromatic carbocycles. The molecule has 0 saturated heterocycles. The third kappa shape index (κ3) is 8.47. The van der Waals surface area contributed by atoms with Crippen molar-refractivity contribution in [3.8, 4) is 23.0 Å². The second-order valence-electron chi connectivity index (χ2n) is 16.1. The number of nitrogens with two attached hydrogens (primary N) is 1. The summed E-state index contributed by atoms with van der Waals surface area (Å²) in [6.45, 7) is 1.63. The van der Waals surface area contributed by atoms with Gasteiger partial charge in [0, 0.05) is 88.0 Å². The van der Waals surface area contributed by atoms with E-state index < -0.39 is 0 Å². The molecule has 2 N–H and O–H groups in total. The fourth-order valence-electron chi connectivity index (χ4n) is 8.74. The van der Waals surface area contributed by atoms with E-state index in [9.17, 15) is 14.4 Å². The Labute approximate surface area is 362 Å². The van der Waals surface area contributed by atoms with Crippen LogP contribution in [0.1, 0.15) is 55.8 Å². The summed E-state index contributed by atoms with van der Waals surface area (Å²) in [5.41, 5.74) is 14.8. The van der Waals surface area contributed by atoms with Crippen molar-refractivity contribution in [3.63, 3.8) is 0 Å². The van der Waals surface area contributed by atoms with Crippen molar-refractivity contribution in [1.29, 1.82) is 0 Å². The van der Waals surface area contributed by atoms with Crippen LogP contribution in [0.5, 0.6) is 23.0 Å². The minimum Gasteiger partial charge on any atom is -0.493 e. The molecule has 3 heterocycles. The Hall–Kier alpha value is -7.02. The standard InChI is InChI=1S/C49H52N6O7/c1-52(16-10-15-48(50)57)36-18-31(29-61-46-24-40-39(23-45(46)60-5)49(58)55-37(26-51-40)20-34-12-7-9-14-42(34)55)17-32(19-36)30-62-47-25-43(35(28-56)22-44(47)59-4)53(2)27-38-21-33-11-6-8-13-41(33)54(38)3/h6-9,11-14,17-19,22-26,28,37-38H,10,15-16,20-21,27,29-30H2,1-5H3,(H2,50,57)/t37-,38?/m0/s1. The SMILES string of the molecule is COc1cc2c(cc1OCc1cc(COc3cc(N(C)CC4Cc5ccccc5N4C)c(C=O)cc3OC)cc(N(C)CCCC(N)=O)c1)N=C[C@@H]1Cc3ccccc3N1C2=O. The Kier molecular flexibility index (Phi) is 12.0. The highest BCUT2D eigenvalue weighted by atomic mass is 16.5. The molecule has 62 heavy (non-hydrogen) atoms. The molecule has 5 aromatic rings. The number of amides is 2. The zero-order chi connectivity index (χ0) is 43.5. The number of rotatable bonds is 17. The maximum absolute atomic E-state index is 14.0. The van der Waals surface area contributed by atoms with Crippen molar-refractivity contribution in [2.45, 2.75) is 51.0 Å². The number of primary amides is 1. The number of hydrogen-bond donors (Lipinski definition) is 1. The van der Waals surface area contributed by atoms with Gasteiger partial charge in [0.05, 0.1) is 43.2 Å². The molecular weight excluding hydrogens is 785 g/mol. The lowest BCUT2D eigenvalue weighted by atomic mass is 10.1. The quantitative estimate of drug-likeness (QED) is 0.0961. The number of aldehydes is 1. The van der Waals surface area contributed by atoms with E-state index >= 15 is 0 Å². The van der Waals surface area contributed by atoms with Crippen molar-refractivity contribution >= 4 is 52.8 Å². The first kappa shape index (κ1) is 41.7. The first-order valence-corrected chi connectivity index (χ1v) is 20.8. The number of hydrogen-bond acceptors (Lipinski definition) is 11. The number of ether oxygens (including phenoxy) is 4. The molecule has 0 fully saturated rings. The van der Waals surface area contributed by atoms with Gasteiger partial charge in [0.15, 0.2) is 29.3 Å². The van der Waals surface area contributed by atoms with Crippen molar-refractivity contribution in [2.24, 2.45) is 10.7 Å². The van der Waals surface area contributed by atoms with E-state index in [2.05, 4.69) is 46.0 Å². The second kappa shape index (κ2) is 17.9. The van der Waals surface area contributed by atoms with Gasteiger partial charge in [0.2, 0.25) is 5.91 Å². The molecule has 320 valence electrons. The van der Waals surface area contributed by atoms with Gasteiger partial charge in [-0.15, -0.1) is 0 Å². The van der Waals surface area contributed by atoms with Crippen LogP contribution in [0.25, 0.3) is 0 Å². The Morgan fingerprint density at radius 3 is 2.13 bits per heavy atom. The minimum atomic E-state index is -0.347. The number of carbonyl (C=O) groups excluding carboxylic acids is 3. The Morgan fingerprint density at radius 1 is 0.823 bits per heavy atom. The normalized spacial score (nSPS) is 15.9. The van der Waals surface area contributed by atoms with Crippen LogP contribution in [-0.2, 0) is 30.8 Å².